The molecule has 2 aromatic heterocycles. The molecule has 0 fully saturated rings. The number of pyridine rings is 1. The summed E-state index contributed by atoms with van der Waals surface area (Å²) in [6.45, 7) is 0. The molecule has 3 nitrogen and oxygen atoms in total. The zero-order valence-electron chi connectivity index (χ0n) is 28.2. The van der Waals surface area contributed by atoms with E-state index in [9.17, 15) is 0 Å². The van der Waals surface area contributed by atoms with Crippen molar-refractivity contribution in [3.8, 4) is 56.3 Å². The highest BCUT2D eigenvalue weighted by atomic mass is 14.9. The average molecular weight is 662 g/mol. The van der Waals surface area contributed by atoms with E-state index in [1.54, 1.807) is 0 Å². The normalized spacial score (nSPS) is 11.5. The van der Waals surface area contributed by atoms with Gasteiger partial charge in [0, 0.05) is 44.0 Å². The second-order valence-electron chi connectivity index (χ2n) is 13.1. The Morgan fingerprint density at radius 2 is 0.846 bits per heavy atom. The van der Waals surface area contributed by atoms with Crippen molar-refractivity contribution in [2.24, 2.45) is 0 Å². The van der Waals surface area contributed by atoms with Crippen LogP contribution in [0.15, 0.2) is 188 Å². The summed E-state index contributed by atoms with van der Waals surface area (Å²) >= 11 is 0. The molecule has 0 aliphatic heterocycles. The van der Waals surface area contributed by atoms with Crippen molar-refractivity contribution in [2.75, 3.05) is 0 Å². The molecule has 242 valence electrons. The largest absolute Gasteiger partial charge is 0.247 e. The topological polar surface area (TPSA) is 38.7 Å². The predicted octanol–water partition coefficient (Wildman–Crippen LogP) is 12.8. The first-order valence-corrected chi connectivity index (χ1v) is 17.6. The summed E-state index contributed by atoms with van der Waals surface area (Å²) in [6.07, 6.45) is 0. The van der Waals surface area contributed by atoms with Crippen LogP contribution in [0.25, 0.3) is 99.5 Å². The molecule has 3 heteroatoms. The molecule has 0 radical (unpaired) electrons. The van der Waals surface area contributed by atoms with Crippen molar-refractivity contribution in [1.29, 1.82) is 0 Å². The van der Waals surface area contributed by atoms with Gasteiger partial charge in [-0.3, -0.25) is 0 Å². The number of benzene rings is 8. The molecule has 0 atom stereocenters. The summed E-state index contributed by atoms with van der Waals surface area (Å²) < 4.78 is 0. The Morgan fingerprint density at radius 1 is 0.308 bits per heavy atom. The van der Waals surface area contributed by atoms with E-state index in [2.05, 4.69) is 170 Å². The summed E-state index contributed by atoms with van der Waals surface area (Å²) in [5, 5.41) is 8.12. The van der Waals surface area contributed by atoms with E-state index in [1.807, 2.05) is 18.2 Å². The molecule has 0 spiro atoms. The number of fused-ring (bicyclic) bond motifs is 6. The van der Waals surface area contributed by atoms with Crippen LogP contribution < -0.4 is 0 Å². The Hall–Kier alpha value is -6.97. The molecule has 2 heterocycles. The van der Waals surface area contributed by atoms with Gasteiger partial charge in [0.25, 0.3) is 0 Å². The van der Waals surface area contributed by atoms with E-state index in [1.165, 1.54) is 21.5 Å². The van der Waals surface area contributed by atoms with Crippen molar-refractivity contribution < 1.29 is 0 Å². The lowest BCUT2D eigenvalue weighted by Gasteiger charge is -2.20. The lowest BCUT2D eigenvalue weighted by molar-refractivity contribution is 1.19. The number of hydrogen-bond donors (Lipinski definition) is 0. The van der Waals surface area contributed by atoms with Gasteiger partial charge in [0.2, 0.25) is 0 Å². The van der Waals surface area contributed by atoms with Crippen LogP contribution in [0.3, 0.4) is 0 Å². The fraction of sp³-hybridized carbons (Fsp3) is 0. The van der Waals surface area contributed by atoms with Crippen LogP contribution in [0.2, 0.25) is 0 Å². The summed E-state index contributed by atoms with van der Waals surface area (Å²) in [4.78, 5) is 16.2. The second-order valence-corrected chi connectivity index (χ2v) is 13.1. The van der Waals surface area contributed by atoms with Gasteiger partial charge in [-0.1, -0.05) is 170 Å². The maximum atomic E-state index is 5.41. The van der Waals surface area contributed by atoms with Crippen LogP contribution in [0.4, 0.5) is 0 Å². The molecule has 0 aliphatic rings. The van der Waals surface area contributed by atoms with E-state index in [-0.39, 0.29) is 0 Å². The number of rotatable bonds is 5. The van der Waals surface area contributed by atoms with Crippen LogP contribution in [0.1, 0.15) is 0 Å². The number of para-hydroxylation sites is 1. The molecule has 0 unspecified atom stereocenters. The lowest BCUT2D eigenvalue weighted by atomic mass is 9.86. The quantitative estimate of drug-likeness (QED) is 0.172. The zero-order valence-corrected chi connectivity index (χ0v) is 28.2. The molecule has 0 saturated heterocycles. The van der Waals surface area contributed by atoms with Gasteiger partial charge < -0.3 is 0 Å². The summed E-state index contributed by atoms with van der Waals surface area (Å²) in [7, 11) is 0. The van der Waals surface area contributed by atoms with E-state index in [0.717, 1.165) is 72.1 Å². The molecule has 0 N–H and O–H groups in total. The second kappa shape index (κ2) is 12.4. The van der Waals surface area contributed by atoms with Crippen molar-refractivity contribution in [3.63, 3.8) is 0 Å². The summed E-state index contributed by atoms with van der Waals surface area (Å²) in [6, 6.07) is 66.1. The van der Waals surface area contributed by atoms with Gasteiger partial charge in [-0.05, 0) is 45.3 Å². The maximum Gasteiger partial charge on any atom is 0.160 e. The van der Waals surface area contributed by atoms with Crippen molar-refractivity contribution in [1.82, 2.24) is 15.0 Å². The van der Waals surface area contributed by atoms with Gasteiger partial charge in [-0.15, -0.1) is 0 Å². The van der Waals surface area contributed by atoms with Crippen LogP contribution in [-0.4, -0.2) is 15.0 Å². The molecule has 8 aromatic carbocycles. The van der Waals surface area contributed by atoms with Crippen molar-refractivity contribution in [3.05, 3.63) is 188 Å². The van der Waals surface area contributed by atoms with Crippen LogP contribution >= 0.6 is 0 Å². The predicted molar refractivity (Wildman–Crippen MR) is 217 cm³/mol. The minimum Gasteiger partial charge on any atom is -0.247 e. The first-order chi connectivity index (χ1) is 25.8. The third-order valence-electron chi connectivity index (χ3n) is 10.0. The van der Waals surface area contributed by atoms with Gasteiger partial charge in [-0.2, -0.15) is 0 Å². The highest BCUT2D eigenvalue weighted by Gasteiger charge is 2.24. The van der Waals surface area contributed by atoms with Gasteiger partial charge in [0.15, 0.2) is 5.82 Å². The molecule has 52 heavy (non-hydrogen) atoms. The monoisotopic (exact) mass is 661 g/mol. The molecule has 10 rings (SSSR count). The van der Waals surface area contributed by atoms with Crippen LogP contribution in [-0.2, 0) is 0 Å². The van der Waals surface area contributed by atoms with Gasteiger partial charge in [0.1, 0.15) is 0 Å². The Kier molecular flexibility index (Phi) is 7.14. The molecular formula is C49H31N3. The Bertz CT molecular complexity index is 2880. The molecular weight excluding hydrogens is 631 g/mol. The first kappa shape index (κ1) is 29.9. The highest BCUT2D eigenvalue weighted by Crippen LogP contribution is 2.46. The molecule has 0 saturated carbocycles. The average Bonchev–Trinajstić information content (AvgIpc) is 3.23. The Morgan fingerprint density at radius 3 is 1.52 bits per heavy atom. The zero-order chi connectivity index (χ0) is 34.4. The number of nitrogens with zero attached hydrogens (tertiary/aromatic N) is 3. The lowest BCUT2D eigenvalue weighted by Crippen LogP contribution is -2.02. The fourth-order valence-electron chi connectivity index (χ4n) is 7.62. The van der Waals surface area contributed by atoms with E-state index in [4.69, 9.17) is 15.0 Å². The van der Waals surface area contributed by atoms with Crippen LogP contribution in [0, 0.1) is 0 Å². The SMILES string of the molecule is c1ccc(-c2nc(-c3ccccc3)c(-c3cc4c(-c5ccc6ccccc6c5)nc5ccccc5c4c4ccccc34)c(-c3ccccc3)n2)cc1. The van der Waals surface area contributed by atoms with Crippen LogP contribution in [0.5, 0.6) is 0 Å². The van der Waals surface area contributed by atoms with Crippen molar-refractivity contribution in [2.45, 2.75) is 0 Å². The molecule has 0 amide bonds. The van der Waals surface area contributed by atoms with Crippen molar-refractivity contribution >= 4 is 43.2 Å². The Balaban J connectivity index is 1.39. The summed E-state index contributed by atoms with van der Waals surface area (Å²) in [5.41, 5.74) is 9.89. The van der Waals surface area contributed by atoms with Gasteiger partial charge >= 0.3 is 0 Å². The Labute approximate surface area is 301 Å². The van der Waals surface area contributed by atoms with Gasteiger partial charge in [0.05, 0.1) is 22.6 Å². The van der Waals surface area contributed by atoms with E-state index < -0.39 is 0 Å². The standard InChI is InChI=1S/C49H31N3/c1-4-17-33(18-5-1)47-45(48(34-19-6-2-7-20-34)52-49(51-47)35-21-8-3-9-22-35)41-31-42-44(39-25-13-12-24-38(39)41)40-26-14-15-27-43(40)50-46(42)37-29-28-32-16-10-11-23-36(32)30-37/h1-31H. The van der Waals surface area contributed by atoms with E-state index >= 15 is 0 Å². The highest BCUT2D eigenvalue weighted by molar-refractivity contribution is 6.26. The first-order valence-electron chi connectivity index (χ1n) is 17.6. The number of hydrogen-bond acceptors (Lipinski definition) is 3. The third-order valence-corrected chi connectivity index (χ3v) is 10.0. The third kappa shape index (κ3) is 5.02. The van der Waals surface area contributed by atoms with Gasteiger partial charge in [-0.25, -0.2) is 15.0 Å². The summed E-state index contributed by atoms with van der Waals surface area (Å²) in [5.74, 6) is 0.691. The molecule has 0 bridgehead atoms. The fourth-order valence-corrected chi connectivity index (χ4v) is 7.62. The minimum atomic E-state index is 0.691. The molecule has 0 aliphatic carbocycles. The smallest absolute Gasteiger partial charge is 0.160 e. The maximum absolute atomic E-state index is 5.41. The number of aromatic nitrogens is 3. The minimum absolute atomic E-state index is 0.691. The van der Waals surface area contributed by atoms with E-state index in [0.29, 0.717) is 5.82 Å². The molecule has 10 aromatic rings.